The molecule has 0 unspecified atom stereocenters. The zero-order valence-corrected chi connectivity index (χ0v) is 17.1. The van der Waals surface area contributed by atoms with Crippen LogP contribution in [-0.4, -0.2) is 40.8 Å². The van der Waals surface area contributed by atoms with Crippen molar-refractivity contribution < 1.29 is 29.0 Å². The predicted octanol–water partition coefficient (Wildman–Crippen LogP) is 2.63. The molecule has 0 aliphatic carbocycles. The van der Waals surface area contributed by atoms with Crippen LogP contribution in [0.5, 0.6) is 5.75 Å². The second kappa shape index (κ2) is 9.42. The third-order valence-corrected chi connectivity index (χ3v) is 5.39. The van der Waals surface area contributed by atoms with E-state index in [9.17, 15) is 24.3 Å². The molecule has 31 heavy (non-hydrogen) atoms. The van der Waals surface area contributed by atoms with Crippen LogP contribution in [0.4, 0.5) is 0 Å². The number of ether oxygens (including phenoxy) is 1. The summed E-state index contributed by atoms with van der Waals surface area (Å²) in [7, 11) is 1.51. The largest absolute Gasteiger partial charge is 0.497 e. The number of benzene rings is 2. The van der Waals surface area contributed by atoms with Gasteiger partial charge in [0.1, 0.15) is 11.7 Å². The molecule has 2 atom stereocenters. The van der Waals surface area contributed by atoms with Gasteiger partial charge in [-0.15, -0.1) is 0 Å². The average molecular weight is 424 g/mol. The Bertz CT molecular complexity index is 1000. The molecule has 0 bridgehead atoms. The first kappa shape index (κ1) is 22.0. The highest BCUT2D eigenvalue weighted by Crippen LogP contribution is 2.43. The molecule has 2 aromatic rings. The van der Waals surface area contributed by atoms with Crippen LogP contribution >= 0.6 is 0 Å². The number of hydrogen-bond donors (Lipinski definition) is 2. The molecule has 0 radical (unpaired) electrons. The van der Waals surface area contributed by atoms with Crippen molar-refractivity contribution in [3.63, 3.8) is 0 Å². The number of methoxy groups -OCH3 is 1. The van der Waals surface area contributed by atoms with E-state index >= 15 is 0 Å². The number of carboxylic acids is 1. The predicted molar refractivity (Wildman–Crippen MR) is 111 cm³/mol. The number of carbonyl (C=O) groups excluding carboxylic acids is 3. The van der Waals surface area contributed by atoms with Gasteiger partial charge < -0.3 is 15.6 Å². The summed E-state index contributed by atoms with van der Waals surface area (Å²) >= 11 is 0. The number of hydrogen-bond acceptors (Lipinski definition) is 5. The smallest absolute Gasteiger partial charge is 0.313 e. The SMILES string of the molecule is COc1ccc([C@@H]2[C@@H](C(=O)O)c3ccccc3C(=O)N2C(=O)CCCCC(N)=O)cc1. The van der Waals surface area contributed by atoms with Gasteiger partial charge in [0.05, 0.1) is 13.2 Å². The first-order valence-corrected chi connectivity index (χ1v) is 9.95. The second-order valence-corrected chi connectivity index (χ2v) is 7.36. The fourth-order valence-electron chi connectivity index (χ4n) is 3.91. The van der Waals surface area contributed by atoms with Gasteiger partial charge in [-0.25, -0.2) is 0 Å². The lowest BCUT2D eigenvalue weighted by molar-refractivity contribution is -0.142. The third-order valence-electron chi connectivity index (χ3n) is 5.39. The highest BCUT2D eigenvalue weighted by atomic mass is 16.5. The van der Waals surface area contributed by atoms with Gasteiger partial charge in [0.2, 0.25) is 11.8 Å². The average Bonchev–Trinajstić information content (AvgIpc) is 2.76. The lowest BCUT2D eigenvalue weighted by Crippen LogP contribution is -2.48. The van der Waals surface area contributed by atoms with E-state index in [-0.39, 0.29) is 18.4 Å². The zero-order valence-electron chi connectivity index (χ0n) is 17.1. The van der Waals surface area contributed by atoms with Crippen LogP contribution in [0.2, 0.25) is 0 Å². The van der Waals surface area contributed by atoms with Crippen molar-refractivity contribution >= 4 is 23.7 Å². The molecule has 8 heteroatoms. The summed E-state index contributed by atoms with van der Waals surface area (Å²) in [5.74, 6) is -3.16. The van der Waals surface area contributed by atoms with Crippen molar-refractivity contribution in [3.05, 3.63) is 65.2 Å². The Morgan fingerprint density at radius 3 is 2.29 bits per heavy atom. The molecular formula is C23H24N2O6. The Balaban J connectivity index is 2.03. The third kappa shape index (κ3) is 4.58. The maximum Gasteiger partial charge on any atom is 0.313 e. The number of primary amides is 1. The summed E-state index contributed by atoms with van der Waals surface area (Å²) in [6, 6.07) is 12.1. The lowest BCUT2D eigenvalue weighted by Gasteiger charge is -2.39. The fourth-order valence-corrected chi connectivity index (χ4v) is 3.91. The molecule has 3 N–H and O–H groups in total. The molecule has 0 fully saturated rings. The summed E-state index contributed by atoms with van der Waals surface area (Å²) in [5.41, 5.74) is 6.22. The highest BCUT2D eigenvalue weighted by molar-refractivity contribution is 6.08. The number of unbranched alkanes of at least 4 members (excludes halogenated alkanes) is 1. The molecule has 162 valence electrons. The summed E-state index contributed by atoms with van der Waals surface area (Å²) < 4.78 is 5.17. The van der Waals surface area contributed by atoms with Crippen molar-refractivity contribution in [1.82, 2.24) is 4.90 Å². The van der Waals surface area contributed by atoms with Gasteiger partial charge in [-0.05, 0) is 42.2 Å². The Kier molecular flexibility index (Phi) is 6.69. The van der Waals surface area contributed by atoms with Gasteiger partial charge in [-0.1, -0.05) is 30.3 Å². The Hall–Kier alpha value is -3.68. The normalized spacial score (nSPS) is 17.7. The summed E-state index contributed by atoms with van der Waals surface area (Å²) in [4.78, 5) is 50.7. The van der Waals surface area contributed by atoms with Crippen LogP contribution in [-0.2, 0) is 14.4 Å². The van der Waals surface area contributed by atoms with Crippen molar-refractivity contribution in [2.24, 2.45) is 5.73 Å². The second-order valence-electron chi connectivity index (χ2n) is 7.36. The van der Waals surface area contributed by atoms with E-state index in [0.717, 1.165) is 4.90 Å². The molecule has 0 aromatic heterocycles. The van der Waals surface area contributed by atoms with E-state index < -0.39 is 35.7 Å². The van der Waals surface area contributed by atoms with Crippen LogP contribution in [0, 0.1) is 0 Å². The Labute approximate surface area is 179 Å². The van der Waals surface area contributed by atoms with Crippen LogP contribution in [0.25, 0.3) is 0 Å². The van der Waals surface area contributed by atoms with Gasteiger partial charge in [-0.2, -0.15) is 0 Å². The molecule has 1 aliphatic heterocycles. The minimum absolute atomic E-state index is 0.000179. The number of aliphatic carboxylic acids is 1. The monoisotopic (exact) mass is 424 g/mol. The number of nitrogens with two attached hydrogens (primary N) is 1. The highest BCUT2D eigenvalue weighted by Gasteiger charge is 2.46. The number of rotatable bonds is 8. The maximum absolute atomic E-state index is 13.3. The van der Waals surface area contributed by atoms with Gasteiger partial charge >= 0.3 is 5.97 Å². The van der Waals surface area contributed by atoms with Crippen molar-refractivity contribution in [2.45, 2.75) is 37.6 Å². The van der Waals surface area contributed by atoms with Gasteiger partial charge in [0, 0.05) is 18.4 Å². The minimum Gasteiger partial charge on any atom is -0.497 e. The van der Waals surface area contributed by atoms with Crippen LogP contribution in [0.15, 0.2) is 48.5 Å². The molecular weight excluding hydrogens is 400 g/mol. The summed E-state index contributed by atoms with van der Waals surface area (Å²) in [6.45, 7) is 0. The van der Waals surface area contributed by atoms with E-state index in [1.165, 1.54) is 13.2 Å². The lowest BCUT2D eigenvalue weighted by atomic mass is 9.79. The first-order valence-electron chi connectivity index (χ1n) is 9.95. The molecule has 0 saturated heterocycles. The van der Waals surface area contributed by atoms with Crippen LogP contribution in [0.1, 0.15) is 59.1 Å². The quantitative estimate of drug-likeness (QED) is 0.627. The maximum atomic E-state index is 13.3. The number of carbonyl (C=O) groups is 4. The van der Waals surface area contributed by atoms with Crippen molar-refractivity contribution in [3.8, 4) is 5.75 Å². The number of amides is 3. The van der Waals surface area contributed by atoms with E-state index in [2.05, 4.69) is 0 Å². The summed E-state index contributed by atoms with van der Waals surface area (Å²) in [5, 5.41) is 10.1. The van der Waals surface area contributed by atoms with Gasteiger partial charge in [0.15, 0.2) is 0 Å². The van der Waals surface area contributed by atoms with E-state index in [0.29, 0.717) is 29.7 Å². The van der Waals surface area contributed by atoms with Crippen LogP contribution in [0.3, 0.4) is 0 Å². The standard InChI is InChI=1S/C23H24N2O6/c1-31-15-12-10-14(11-13-15)21-20(23(29)30)16-6-2-3-7-17(16)22(28)25(21)19(27)9-5-4-8-18(24)26/h2-3,6-7,10-13,20-21H,4-5,8-9H2,1H3,(H2,24,26)(H,29,30)/t20-,21+/m0/s1. The van der Waals surface area contributed by atoms with Gasteiger partial charge in [0.25, 0.3) is 5.91 Å². The summed E-state index contributed by atoms with van der Waals surface area (Å²) in [6.07, 6.45) is 0.916. The zero-order chi connectivity index (χ0) is 22.5. The Morgan fingerprint density at radius 2 is 1.68 bits per heavy atom. The molecule has 3 amide bonds. The molecule has 3 rings (SSSR count). The molecule has 1 aliphatic rings. The van der Waals surface area contributed by atoms with Crippen LogP contribution < -0.4 is 10.5 Å². The Morgan fingerprint density at radius 1 is 1.03 bits per heavy atom. The number of fused-ring (bicyclic) bond motifs is 1. The number of imide groups is 1. The molecule has 8 nitrogen and oxygen atoms in total. The number of carboxylic acid groups (broad SMARTS) is 1. The topological polar surface area (TPSA) is 127 Å². The minimum atomic E-state index is -1.13. The first-order chi connectivity index (χ1) is 14.8. The van der Waals surface area contributed by atoms with Crippen molar-refractivity contribution in [1.29, 1.82) is 0 Å². The van der Waals surface area contributed by atoms with E-state index in [1.54, 1.807) is 42.5 Å². The van der Waals surface area contributed by atoms with E-state index in [4.69, 9.17) is 10.5 Å². The molecule has 1 heterocycles. The molecule has 2 aromatic carbocycles. The fraction of sp³-hybridized carbons (Fsp3) is 0.304. The number of nitrogens with zero attached hydrogens (tertiary/aromatic N) is 1. The molecule has 0 saturated carbocycles. The van der Waals surface area contributed by atoms with E-state index in [1.807, 2.05) is 0 Å². The van der Waals surface area contributed by atoms with Gasteiger partial charge in [-0.3, -0.25) is 24.1 Å². The molecule has 0 spiro atoms. The van der Waals surface area contributed by atoms with Crippen molar-refractivity contribution in [2.75, 3.05) is 7.11 Å².